The first-order valence-electron chi connectivity index (χ1n) is 4.16. The molecule has 0 rings (SSSR count). The Morgan fingerprint density at radius 3 is 2.00 bits per heavy atom. The normalized spacial score (nSPS) is 12.8. The highest BCUT2D eigenvalue weighted by Crippen LogP contribution is 2.19. The van der Waals surface area contributed by atoms with Gasteiger partial charge < -0.3 is 10.0 Å². The smallest absolute Gasteiger partial charge is 0.389 e. The molecule has 0 unspecified atom stereocenters. The van der Waals surface area contributed by atoms with Crippen molar-refractivity contribution < 1.29 is 23.1 Å². The summed E-state index contributed by atoms with van der Waals surface area (Å²) < 4.78 is 36.0. The molecule has 0 spiro atoms. The van der Waals surface area contributed by atoms with E-state index in [1.54, 1.807) is 0 Å². The number of hydrogen-bond donors (Lipinski definition) is 1. The van der Waals surface area contributed by atoms with E-state index in [1.165, 1.54) is 20.8 Å². The molecule has 6 heteroatoms. The monoisotopic (exact) mass is 213 g/mol. The van der Waals surface area contributed by atoms with Gasteiger partial charge in [-0.3, -0.25) is 4.79 Å². The van der Waals surface area contributed by atoms with Gasteiger partial charge in [-0.2, -0.15) is 13.2 Å². The summed E-state index contributed by atoms with van der Waals surface area (Å²) in [7, 11) is 0. The minimum Gasteiger partial charge on any atom is -0.389 e. The Labute approximate surface area is 80.5 Å². The van der Waals surface area contributed by atoms with Crippen LogP contribution in [-0.2, 0) is 4.79 Å². The number of carbonyl (C=O) groups is 1. The summed E-state index contributed by atoms with van der Waals surface area (Å²) in [6.45, 7) is 3.71. The fourth-order valence-corrected chi connectivity index (χ4v) is 0.974. The average Bonchev–Trinajstić information content (AvgIpc) is 1.95. The Hall–Kier alpha value is -0.780. The van der Waals surface area contributed by atoms with Gasteiger partial charge in [-0.05, 0) is 20.8 Å². The van der Waals surface area contributed by atoms with Crippen LogP contribution in [0, 0.1) is 0 Å². The Morgan fingerprint density at radius 2 is 1.79 bits per heavy atom. The number of nitrogens with zero attached hydrogens (tertiary/aromatic N) is 1. The zero-order valence-electron chi connectivity index (χ0n) is 8.35. The summed E-state index contributed by atoms with van der Waals surface area (Å²) in [6.07, 6.45) is -4.87. The van der Waals surface area contributed by atoms with Crippen LogP contribution < -0.4 is 0 Å². The molecule has 0 heterocycles. The van der Waals surface area contributed by atoms with Gasteiger partial charge in [0.2, 0.25) is 0 Å². The largest absolute Gasteiger partial charge is 0.471 e. The Bertz CT molecular complexity index is 208. The summed E-state index contributed by atoms with van der Waals surface area (Å²) in [5.41, 5.74) is -1.32. The van der Waals surface area contributed by atoms with E-state index in [9.17, 15) is 23.1 Å². The molecule has 3 nitrogen and oxygen atoms in total. The van der Waals surface area contributed by atoms with Crippen molar-refractivity contribution in [3.63, 3.8) is 0 Å². The number of rotatable bonds is 3. The molecule has 0 aliphatic carbocycles. The van der Waals surface area contributed by atoms with Crippen molar-refractivity contribution in [1.82, 2.24) is 4.90 Å². The molecule has 0 aliphatic rings. The third-order valence-electron chi connectivity index (χ3n) is 1.49. The fraction of sp³-hybridized carbons (Fsp3) is 0.875. The van der Waals surface area contributed by atoms with Crippen molar-refractivity contribution in [1.29, 1.82) is 0 Å². The number of halogens is 3. The minimum absolute atomic E-state index is 0.0810. The summed E-state index contributed by atoms with van der Waals surface area (Å²) >= 11 is 0. The second kappa shape index (κ2) is 4.16. The molecule has 84 valence electrons. The standard InChI is InChI=1S/C8H14F3NO2/c1-4-12(5-7(2,3)14)6(13)8(9,10)11/h14H,4-5H2,1-3H3. The Kier molecular flexibility index (Phi) is 3.93. The van der Waals surface area contributed by atoms with E-state index in [1.807, 2.05) is 0 Å². The molecule has 0 fully saturated rings. The lowest BCUT2D eigenvalue weighted by Gasteiger charge is -2.28. The molecule has 0 atom stereocenters. The van der Waals surface area contributed by atoms with Crippen LogP contribution in [0.4, 0.5) is 13.2 Å². The van der Waals surface area contributed by atoms with Crippen molar-refractivity contribution in [3.05, 3.63) is 0 Å². The zero-order chi connectivity index (χ0) is 11.6. The van der Waals surface area contributed by atoms with E-state index in [2.05, 4.69) is 0 Å². The third-order valence-corrected chi connectivity index (χ3v) is 1.49. The number of carbonyl (C=O) groups excluding carboxylic acids is 1. The van der Waals surface area contributed by atoms with Gasteiger partial charge in [-0.15, -0.1) is 0 Å². The van der Waals surface area contributed by atoms with Crippen LogP contribution in [0.3, 0.4) is 0 Å². The molecular weight excluding hydrogens is 199 g/mol. The predicted octanol–water partition coefficient (Wildman–Crippen LogP) is 1.17. The van der Waals surface area contributed by atoms with Gasteiger partial charge >= 0.3 is 12.1 Å². The number of likely N-dealkylation sites (N-methyl/N-ethyl adjacent to an activating group) is 1. The third kappa shape index (κ3) is 4.45. The molecule has 0 aromatic heterocycles. The molecule has 0 radical (unpaired) electrons. The summed E-state index contributed by atoms with van der Waals surface area (Å²) in [6, 6.07) is 0. The van der Waals surface area contributed by atoms with Gasteiger partial charge in [-0.25, -0.2) is 0 Å². The second-order valence-electron chi connectivity index (χ2n) is 3.63. The van der Waals surface area contributed by atoms with Gasteiger partial charge in [-0.1, -0.05) is 0 Å². The molecule has 0 bridgehead atoms. The molecule has 0 aromatic rings. The van der Waals surface area contributed by atoms with Crippen molar-refractivity contribution >= 4 is 5.91 Å². The van der Waals surface area contributed by atoms with Gasteiger partial charge in [0.15, 0.2) is 0 Å². The number of alkyl halides is 3. The van der Waals surface area contributed by atoms with Crippen molar-refractivity contribution in [3.8, 4) is 0 Å². The van der Waals surface area contributed by atoms with Gasteiger partial charge in [0.1, 0.15) is 0 Å². The Morgan fingerprint density at radius 1 is 1.36 bits per heavy atom. The van der Waals surface area contributed by atoms with Gasteiger partial charge in [0, 0.05) is 13.1 Å². The topological polar surface area (TPSA) is 40.5 Å². The van der Waals surface area contributed by atoms with E-state index in [-0.39, 0.29) is 13.1 Å². The molecule has 1 amide bonds. The van der Waals surface area contributed by atoms with Crippen molar-refractivity contribution in [2.45, 2.75) is 32.5 Å². The van der Waals surface area contributed by atoms with E-state index >= 15 is 0 Å². The van der Waals surface area contributed by atoms with E-state index < -0.39 is 17.7 Å². The highest BCUT2D eigenvalue weighted by molar-refractivity contribution is 5.81. The first kappa shape index (κ1) is 13.2. The van der Waals surface area contributed by atoms with E-state index in [0.29, 0.717) is 4.90 Å². The SMILES string of the molecule is CCN(CC(C)(C)O)C(=O)C(F)(F)F. The molecule has 0 aliphatic heterocycles. The number of aliphatic hydroxyl groups is 1. The fourth-order valence-electron chi connectivity index (χ4n) is 0.974. The van der Waals surface area contributed by atoms with E-state index in [4.69, 9.17) is 0 Å². The van der Waals surface area contributed by atoms with Crippen LogP contribution in [-0.4, -0.2) is 40.8 Å². The Balaban J connectivity index is 4.51. The summed E-state index contributed by atoms with van der Waals surface area (Å²) in [4.78, 5) is 11.3. The molecule has 14 heavy (non-hydrogen) atoms. The maximum atomic E-state index is 12.0. The number of hydrogen-bond acceptors (Lipinski definition) is 2. The van der Waals surface area contributed by atoms with Crippen molar-refractivity contribution in [2.24, 2.45) is 0 Å². The van der Waals surface area contributed by atoms with Crippen LogP contribution in [0.1, 0.15) is 20.8 Å². The van der Waals surface area contributed by atoms with Crippen LogP contribution in [0.25, 0.3) is 0 Å². The summed E-state index contributed by atoms with van der Waals surface area (Å²) in [5.74, 6) is -1.91. The molecule has 0 saturated heterocycles. The highest BCUT2D eigenvalue weighted by Gasteiger charge is 2.42. The van der Waals surface area contributed by atoms with Gasteiger partial charge in [0.05, 0.1) is 5.60 Å². The zero-order valence-corrected chi connectivity index (χ0v) is 8.35. The average molecular weight is 213 g/mol. The lowest BCUT2D eigenvalue weighted by atomic mass is 10.1. The van der Waals surface area contributed by atoms with Crippen LogP contribution in [0.15, 0.2) is 0 Å². The number of amides is 1. The maximum Gasteiger partial charge on any atom is 0.471 e. The lowest BCUT2D eigenvalue weighted by molar-refractivity contribution is -0.187. The highest BCUT2D eigenvalue weighted by atomic mass is 19.4. The summed E-state index contributed by atoms with van der Waals surface area (Å²) in [5, 5.41) is 9.27. The van der Waals surface area contributed by atoms with Gasteiger partial charge in [0.25, 0.3) is 0 Å². The van der Waals surface area contributed by atoms with Crippen LogP contribution in [0.5, 0.6) is 0 Å². The minimum atomic E-state index is -4.87. The predicted molar refractivity (Wildman–Crippen MR) is 44.6 cm³/mol. The quantitative estimate of drug-likeness (QED) is 0.764. The maximum absolute atomic E-state index is 12.0. The van der Waals surface area contributed by atoms with Crippen molar-refractivity contribution in [2.75, 3.05) is 13.1 Å². The lowest BCUT2D eigenvalue weighted by Crippen LogP contribution is -2.47. The molecule has 1 N–H and O–H groups in total. The molecular formula is C8H14F3NO2. The molecule has 0 saturated carbocycles. The van der Waals surface area contributed by atoms with Crippen LogP contribution >= 0.6 is 0 Å². The van der Waals surface area contributed by atoms with Crippen LogP contribution in [0.2, 0.25) is 0 Å². The first-order chi connectivity index (χ1) is 6.08. The van der Waals surface area contributed by atoms with E-state index in [0.717, 1.165) is 0 Å². The molecule has 0 aromatic carbocycles. The second-order valence-corrected chi connectivity index (χ2v) is 3.63. The first-order valence-corrected chi connectivity index (χ1v) is 4.16.